The largest absolute Gasteiger partial charge is 0.352 e. The van der Waals surface area contributed by atoms with E-state index in [1.165, 1.54) is 12.8 Å². The Bertz CT molecular complexity index is 1120. The van der Waals surface area contributed by atoms with Crippen molar-refractivity contribution >= 4 is 40.7 Å². The predicted molar refractivity (Wildman–Crippen MR) is 146 cm³/mol. The number of carbonyl (C=O) groups excluding carboxylic acids is 2. The van der Waals surface area contributed by atoms with Gasteiger partial charge in [-0.1, -0.05) is 79.9 Å². The van der Waals surface area contributed by atoms with Crippen LogP contribution in [0.25, 0.3) is 0 Å². The summed E-state index contributed by atoms with van der Waals surface area (Å²) in [7, 11) is 0. The van der Waals surface area contributed by atoms with E-state index < -0.39 is 11.0 Å². The third-order valence-corrected chi connectivity index (χ3v) is 8.99. The van der Waals surface area contributed by atoms with Crippen LogP contribution in [0.15, 0.2) is 42.5 Å². The summed E-state index contributed by atoms with van der Waals surface area (Å²) in [6, 6.07) is 13.7. The molecule has 2 saturated carbocycles. The maximum atomic E-state index is 14.2. The molecule has 3 aliphatic rings. The lowest BCUT2D eigenvalue weighted by atomic mass is 9.59. The minimum absolute atomic E-state index is 0.0122. The number of fused-ring (bicyclic) bond motifs is 1. The molecule has 192 valence electrons. The Morgan fingerprint density at radius 2 is 1.67 bits per heavy atom. The molecule has 0 spiro atoms. The summed E-state index contributed by atoms with van der Waals surface area (Å²) in [4.78, 5) is 27.2. The highest BCUT2D eigenvalue weighted by atomic mass is 35.5. The second-order valence-electron chi connectivity index (χ2n) is 10.8. The van der Waals surface area contributed by atoms with Gasteiger partial charge in [0.1, 0.15) is 0 Å². The zero-order valence-corrected chi connectivity index (χ0v) is 22.2. The fourth-order valence-corrected chi connectivity index (χ4v) is 7.19. The number of carbonyl (C=O) groups is 2. The highest BCUT2D eigenvalue weighted by Crippen LogP contribution is 2.52. The van der Waals surface area contributed by atoms with E-state index in [1.54, 1.807) is 0 Å². The normalized spacial score (nSPS) is 23.7. The highest BCUT2D eigenvalue weighted by Gasteiger charge is 2.60. The van der Waals surface area contributed by atoms with Gasteiger partial charge < -0.3 is 16.0 Å². The van der Waals surface area contributed by atoms with Crippen molar-refractivity contribution in [2.24, 2.45) is 0 Å². The van der Waals surface area contributed by atoms with Crippen LogP contribution in [-0.2, 0) is 21.4 Å². The van der Waals surface area contributed by atoms with Gasteiger partial charge in [0.25, 0.3) is 0 Å². The second kappa shape index (κ2) is 10.7. The molecule has 36 heavy (non-hydrogen) atoms. The second-order valence-corrected chi connectivity index (χ2v) is 11.6. The number of rotatable bonds is 7. The Labute approximate surface area is 223 Å². The Balaban J connectivity index is 1.57. The molecule has 7 heteroatoms. The molecule has 2 aromatic carbocycles. The summed E-state index contributed by atoms with van der Waals surface area (Å²) in [5, 5.41) is 11.3. The summed E-state index contributed by atoms with van der Waals surface area (Å²) in [5.74, 6) is -0.0245. The van der Waals surface area contributed by atoms with Gasteiger partial charge in [-0.15, -0.1) is 0 Å². The molecular weight excluding hydrogens is 493 g/mol. The first kappa shape index (κ1) is 25.6. The van der Waals surface area contributed by atoms with Crippen LogP contribution in [0.4, 0.5) is 5.69 Å². The molecule has 2 aromatic rings. The van der Waals surface area contributed by atoms with Gasteiger partial charge in [-0.25, -0.2) is 0 Å². The van der Waals surface area contributed by atoms with Crippen LogP contribution in [-0.4, -0.2) is 29.9 Å². The fraction of sp³-hybridized carbons (Fsp3) is 0.517. The van der Waals surface area contributed by atoms with E-state index in [4.69, 9.17) is 23.2 Å². The molecule has 1 unspecified atom stereocenters. The zero-order chi connectivity index (χ0) is 25.2. The van der Waals surface area contributed by atoms with Gasteiger partial charge in [0, 0.05) is 27.3 Å². The number of anilines is 1. The molecule has 2 fully saturated rings. The van der Waals surface area contributed by atoms with Crippen LogP contribution in [0, 0.1) is 0 Å². The monoisotopic (exact) mass is 527 g/mol. The number of nitrogens with one attached hydrogen (secondary N) is 3. The molecule has 1 heterocycles. The van der Waals surface area contributed by atoms with E-state index in [0.29, 0.717) is 16.5 Å². The van der Waals surface area contributed by atoms with Gasteiger partial charge in [0.05, 0.1) is 12.0 Å². The van der Waals surface area contributed by atoms with Crippen LogP contribution < -0.4 is 16.0 Å². The molecule has 0 saturated heterocycles. The van der Waals surface area contributed by atoms with Crippen molar-refractivity contribution in [2.45, 2.75) is 87.6 Å². The molecule has 0 aromatic heterocycles. The summed E-state index contributed by atoms with van der Waals surface area (Å²) < 4.78 is 0. The van der Waals surface area contributed by atoms with Crippen molar-refractivity contribution in [1.29, 1.82) is 0 Å². The first-order chi connectivity index (χ1) is 17.4. The average Bonchev–Trinajstić information content (AvgIpc) is 3.36. The first-order valence-electron chi connectivity index (χ1n) is 13.3. The average molecular weight is 529 g/mol. The molecule has 0 radical (unpaired) electrons. The zero-order valence-electron chi connectivity index (χ0n) is 20.7. The van der Waals surface area contributed by atoms with Crippen molar-refractivity contribution in [3.8, 4) is 0 Å². The van der Waals surface area contributed by atoms with Crippen molar-refractivity contribution in [1.82, 2.24) is 10.6 Å². The van der Waals surface area contributed by atoms with Crippen LogP contribution in [0.3, 0.4) is 0 Å². The van der Waals surface area contributed by atoms with Gasteiger partial charge >= 0.3 is 0 Å². The fourth-order valence-electron chi connectivity index (χ4n) is 6.80. The molecule has 2 amide bonds. The van der Waals surface area contributed by atoms with E-state index in [9.17, 15) is 9.59 Å². The van der Waals surface area contributed by atoms with E-state index in [0.717, 1.165) is 68.2 Å². The predicted octanol–water partition coefficient (Wildman–Crippen LogP) is 6.17. The molecule has 1 atom stereocenters. The summed E-state index contributed by atoms with van der Waals surface area (Å²) >= 11 is 12.7. The molecular formula is C29H35Cl2N3O2. The molecule has 5 rings (SSSR count). The van der Waals surface area contributed by atoms with Gasteiger partial charge in [0.15, 0.2) is 0 Å². The van der Waals surface area contributed by atoms with Crippen LogP contribution in [0.2, 0.25) is 10.0 Å². The third-order valence-electron chi connectivity index (χ3n) is 8.52. The number of amides is 2. The highest BCUT2D eigenvalue weighted by molar-refractivity contribution is 6.31. The molecule has 5 nitrogen and oxygen atoms in total. The third kappa shape index (κ3) is 4.90. The molecule has 3 N–H and O–H groups in total. The Hall–Kier alpha value is -2.08. The number of halogens is 2. The lowest BCUT2D eigenvalue weighted by Crippen LogP contribution is -2.66. The summed E-state index contributed by atoms with van der Waals surface area (Å²) in [6.45, 7) is 0.198. The van der Waals surface area contributed by atoms with Gasteiger partial charge in [0.2, 0.25) is 11.8 Å². The minimum atomic E-state index is -0.893. The van der Waals surface area contributed by atoms with Gasteiger partial charge in [-0.3, -0.25) is 9.59 Å². The summed E-state index contributed by atoms with van der Waals surface area (Å²) in [6.07, 6.45) is 10.8. The maximum Gasteiger partial charge on any atom is 0.237 e. The Kier molecular flexibility index (Phi) is 7.62. The Morgan fingerprint density at radius 1 is 0.944 bits per heavy atom. The van der Waals surface area contributed by atoms with E-state index in [-0.39, 0.29) is 24.4 Å². The van der Waals surface area contributed by atoms with Crippen LogP contribution >= 0.6 is 23.2 Å². The van der Waals surface area contributed by atoms with Crippen molar-refractivity contribution in [3.05, 3.63) is 63.6 Å². The van der Waals surface area contributed by atoms with Crippen LogP contribution in [0.1, 0.15) is 75.3 Å². The van der Waals surface area contributed by atoms with E-state index >= 15 is 0 Å². The topological polar surface area (TPSA) is 70.2 Å². The van der Waals surface area contributed by atoms with Gasteiger partial charge in [-0.2, -0.15) is 0 Å². The standard InChI is InChI=1S/C29H35Cl2N3O2/c30-21-9-7-8-20(16-21)18-29(24-13-12-22(31)17-25(24)34-27(29)36)28(14-5-1-2-6-15-28)32-19-26(35)33-23-10-3-4-11-23/h7-9,12-13,16-17,23,32H,1-6,10-11,14-15,18-19H2,(H,33,35)(H,34,36). The number of benzene rings is 2. The molecule has 0 bridgehead atoms. The van der Waals surface area contributed by atoms with E-state index in [2.05, 4.69) is 16.0 Å². The number of hydrogen-bond acceptors (Lipinski definition) is 3. The quantitative estimate of drug-likeness (QED) is 0.377. The van der Waals surface area contributed by atoms with Crippen LogP contribution in [0.5, 0.6) is 0 Å². The van der Waals surface area contributed by atoms with Gasteiger partial charge in [-0.05, 0) is 67.5 Å². The number of hydrogen-bond donors (Lipinski definition) is 3. The first-order valence-corrected chi connectivity index (χ1v) is 14.1. The Morgan fingerprint density at radius 3 is 2.39 bits per heavy atom. The summed E-state index contributed by atoms with van der Waals surface area (Å²) in [5.41, 5.74) is 1.23. The van der Waals surface area contributed by atoms with E-state index in [1.807, 2.05) is 42.5 Å². The molecule has 2 aliphatic carbocycles. The van der Waals surface area contributed by atoms with Crippen molar-refractivity contribution in [3.63, 3.8) is 0 Å². The lowest BCUT2D eigenvalue weighted by molar-refractivity contribution is -0.126. The van der Waals surface area contributed by atoms with Crippen molar-refractivity contribution < 1.29 is 9.59 Å². The molecule has 1 aliphatic heterocycles. The SMILES string of the molecule is O=C(CNC1(C2(Cc3cccc(Cl)c3)C(=O)Nc3cc(Cl)ccc32)CCCCCC1)NC1CCCC1. The van der Waals surface area contributed by atoms with Crippen molar-refractivity contribution in [2.75, 3.05) is 11.9 Å². The smallest absolute Gasteiger partial charge is 0.237 e. The lowest BCUT2D eigenvalue weighted by Gasteiger charge is -2.48. The maximum absolute atomic E-state index is 14.2. The minimum Gasteiger partial charge on any atom is -0.352 e.